The van der Waals surface area contributed by atoms with Crippen molar-refractivity contribution in [2.24, 2.45) is 0 Å². The van der Waals surface area contributed by atoms with Crippen LogP contribution >= 0.6 is 0 Å². The molecule has 5 heteroatoms. The predicted octanol–water partition coefficient (Wildman–Crippen LogP) is 1.60. The van der Waals surface area contributed by atoms with Crippen LogP contribution in [0.2, 0.25) is 0 Å². The van der Waals surface area contributed by atoms with Gasteiger partial charge in [-0.3, -0.25) is 9.59 Å². The zero-order chi connectivity index (χ0) is 16.7. The summed E-state index contributed by atoms with van der Waals surface area (Å²) in [5, 5.41) is 2.71. The van der Waals surface area contributed by atoms with Gasteiger partial charge >= 0.3 is 0 Å². The number of nitrogens with one attached hydrogen (secondary N) is 1. The molecule has 0 saturated carbocycles. The molecule has 2 amide bonds. The maximum Gasteiger partial charge on any atom is 0.247 e. The first-order valence-corrected chi connectivity index (χ1v) is 7.47. The van der Waals surface area contributed by atoms with Crippen molar-refractivity contribution in [3.05, 3.63) is 42.5 Å². The second kappa shape index (κ2) is 8.16. The summed E-state index contributed by atoms with van der Waals surface area (Å²) in [5.74, 6) is 2.15. The molecule has 1 atom stereocenters. The molecule has 23 heavy (non-hydrogen) atoms. The highest BCUT2D eigenvalue weighted by Crippen LogP contribution is 2.19. The van der Waals surface area contributed by atoms with Gasteiger partial charge in [-0.2, -0.15) is 0 Å². The van der Waals surface area contributed by atoms with Crippen LogP contribution in [0.4, 0.5) is 5.69 Å². The van der Waals surface area contributed by atoms with E-state index in [1.807, 2.05) is 12.1 Å². The summed E-state index contributed by atoms with van der Waals surface area (Å²) in [4.78, 5) is 25.8. The van der Waals surface area contributed by atoms with Crippen LogP contribution in [-0.4, -0.2) is 42.5 Å². The largest absolute Gasteiger partial charge is 0.379 e. The average Bonchev–Trinajstić information content (AvgIpc) is 3.08. The van der Waals surface area contributed by atoms with Gasteiger partial charge in [-0.05, 0) is 24.1 Å². The molecule has 1 aromatic carbocycles. The number of benzene rings is 1. The Morgan fingerprint density at radius 2 is 2.26 bits per heavy atom. The third-order valence-corrected chi connectivity index (χ3v) is 3.73. The molecule has 1 heterocycles. The minimum atomic E-state index is -0.311. The van der Waals surface area contributed by atoms with E-state index < -0.39 is 0 Å². The molecule has 1 aromatic rings. The van der Waals surface area contributed by atoms with Gasteiger partial charge in [0.15, 0.2) is 0 Å². The average molecular weight is 312 g/mol. The zero-order valence-electron chi connectivity index (χ0n) is 13.0. The number of carbonyl (C=O) groups is 2. The molecule has 0 spiro atoms. The smallest absolute Gasteiger partial charge is 0.247 e. The van der Waals surface area contributed by atoms with Crippen LogP contribution in [0.5, 0.6) is 0 Å². The molecular weight excluding hydrogens is 292 g/mol. The van der Waals surface area contributed by atoms with E-state index in [1.54, 1.807) is 17.0 Å². The van der Waals surface area contributed by atoms with Crippen LogP contribution in [0, 0.1) is 12.3 Å². The second-order valence-corrected chi connectivity index (χ2v) is 5.27. The molecule has 0 aliphatic carbocycles. The van der Waals surface area contributed by atoms with E-state index >= 15 is 0 Å². The summed E-state index contributed by atoms with van der Waals surface area (Å²) in [7, 11) is 0. The quantitative estimate of drug-likeness (QED) is 0.641. The molecule has 1 saturated heterocycles. The molecule has 120 valence electrons. The van der Waals surface area contributed by atoms with Crippen LogP contribution in [-0.2, 0) is 20.7 Å². The molecule has 5 nitrogen and oxygen atoms in total. The molecule has 1 aliphatic rings. The maximum absolute atomic E-state index is 12.6. The number of carbonyl (C=O) groups excluding carboxylic acids is 2. The van der Waals surface area contributed by atoms with Gasteiger partial charge in [0.1, 0.15) is 0 Å². The predicted molar refractivity (Wildman–Crippen MR) is 88.7 cm³/mol. The minimum Gasteiger partial charge on any atom is -0.379 e. The monoisotopic (exact) mass is 312 g/mol. The molecule has 1 N–H and O–H groups in total. The second-order valence-electron chi connectivity index (χ2n) is 5.27. The van der Waals surface area contributed by atoms with Crippen molar-refractivity contribution in [1.29, 1.82) is 0 Å². The Kier molecular flexibility index (Phi) is 5.95. The molecule has 0 aromatic heterocycles. The Morgan fingerprint density at radius 1 is 1.48 bits per heavy atom. The number of hydrogen-bond donors (Lipinski definition) is 1. The number of terminal acetylenes is 1. The number of rotatable bonds is 6. The Morgan fingerprint density at radius 3 is 2.91 bits per heavy atom. The topological polar surface area (TPSA) is 58.6 Å². The highest BCUT2D eigenvalue weighted by Gasteiger charge is 2.27. The Bertz CT molecular complexity index is 627. The molecule has 1 unspecified atom stereocenters. The normalized spacial score (nSPS) is 16.4. The van der Waals surface area contributed by atoms with Crippen molar-refractivity contribution < 1.29 is 14.3 Å². The van der Waals surface area contributed by atoms with E-state index in [9.17, 15) is 9.59 Å². The summed E-state index contributed by atoms with van der Waals surface area (Å²) in [6, 6.07) is 7.23. The molecule has 0 radical (unpaired) electrons. The van der Waals surface area contributed by atoms with Crippen molar-refractivity contribution in [2.45, 2.75) is 18.9 Å². The van der Waals surface area contributed by atoms with Crippen molar-refractivity contribution in [2.75, 3.05) is 25.1 Å². The summed E-state index contributed by atoms with van der Waals surface area (Å²) < 4.78 is 5.35. The van der Waals surface area contributed by atoms with Crippen LogP contribution in [0.3, 0.4) is 0 Å². The lowest BCUT2D eigenvalue weighted by molar-refractivity contribution is -0.132. The highest BCUT2D eigenvalue weighted by molar-refractivity contribution is 5.99. The van der Waals surface area contributed by atoms with Gasteiger partial charge in [-0.15, -0.1) is 6.42 Å². The summed E-state index contributed by atoms with van der Waals surface area (Å²) >= 11 is 0. The van der Waals surface area contributed by atoms with E-state index in [2.05, 4.69) is 17.8 Å². The summed E-state index contributed by atoms with van der Waals surface area (Å²) in [6.45, 7) is 4.85. The SMILES string of the molecule is C#CCN(C(=O)Cc1ccccc1NC(=O)C=C)C1CCOC1. The third kappa shape index (κ3) is 4.44. The van der Waals surface area contributed by atoms with Gasteiger partial charge in [-0.25, -0.2) is 0 Å². The van der Waals surface area contributed by atoms with Gasteiger partial charge in [0.25, 0.3) is 0 Å². The lowest BCUT2D eigenvalue weighted by Gasteiger charge is -2.26. The minimum absolute atomic E-state index is 0.0217. The van der Waals surface area contributed by atoms with Gasteiger partial charge < -0.3 is 15.0 Å². The van der Waals surface area contributed by atoms with Crippen LogP contribution in [0.15, 0.2) is 36.9 Å². The van der Waals surface area contributed by atoms with Gasteiger partial charge in [-0.1, -0.05) is 30.7 Å². The van der Waals surface area contributed by atoms with E-state index in [4.69, 9.17) is 11.2 Å². The maximum atomic E-state index is 12.6. The first kappa shape index (κ1) is 16.8. The number of ether oxygens (including phenoxy) is 1. The molecule has 1 fully saturated rings. The molecule has 1 aliphatic heterocycles. The molecule has 0 bridgehead atoms. The molecular formula is C18H20N2O3. The van der Waals surface area contributed by atoms with Gasteiger partial charge in [0.05, 0.1) is 25.6 Å². The van der Waals surface area contributed by atoms with Crippen molar-refractivity contribution in [3.63, 3.8) is 0 Å². The van der Waals surface area contributed by atoms with Crippen molar-refractivity contribution in [3.8, 4) is 12.3 Å². The first-order chi connectivity index (χ1) is 11.2. The van der Waals surface area contributed by atoms with Crippen LogP contribution < -0.4 is 5.32 Å². The highest BCUT2D eigenvalue weighted by atomic mass is 16.5. The summed E-state index contributed by atoms with van der Waals surface area (Å²) in [5.41, 5.74) is 1.35. The molecule has 2 rings (SSSR count). The Balaban J connectivity index is 2.13. The fourth-order valence-electron chi connectivity index (χ4n) is 2.53. The van der Waals surface area contributed by atoms with Crippen molar-refractivity contribution in [1.82, 2.24) is 4.90 Å². The number of amides is 2. The van der Waals surface area contributed by atoms with Crippen LogP contribution in [0.1, 0.15) is 12.0 Å². The first-order valence-electron chi connectivity index (χ1n) is 7.47. The standard InChI is InChI=1S/C18H20N2O3/c1-3-10-20(15-9-11-23-13-15)18(22)12-14-7-5-6-8-16(14)19-17(21)4-2/h1,4-8,15H,2,9-13H2,(H,19,21). The summed E-state index contributed by atoms with van der Waals surface area (Å²) in [6.07, 6.45) is 7.55. The number of nitrogens with zero attached hydrogens (tertiary/aromatic N) is 1. The van der Waals surface area contributed by atoms with E-state index in [1.165, 1.54) is 6.08 Å². The van der Waals surface area contributed by atoms with E-state index in [0.717, 1.165) is 12.0 Å². The van der Waals surface area contributed by atoms with E-state index in [-0.39, 0.29) is 30.8 Å². The Labute approximate surface area is 136 Å². The lowest BCUT2D eigenvalue weighted by atomic mass is 10.1. The van der Waals surface area contributed by atoms with Gasteiger partial charge in [0, 0.05) is 12.3 Å². The lowest BCUT2D eigenvalue weighted by Crippen LogP contribution is -2.42. The zero-order valence-corrected chi connectivity index (χ0v) is 13.0. The fourth-order valence-corrected chi connectivity index (χ4v) is 2.53. The van der Waals surface area contributed by atoms with Crippen LogP contribution in [0.25, 0.3) is 0 Å². The Hall–Kier alpha value is -2.58. The van der Waals surface area contributed by atoms with Crippen molar-refractivity contribution >= 4 is 17.5 Å². The number of hydrogen-bond acceptors (Lipinski definition) is 3. The third-order valence-electron chi connectivity index (χ3n) is 3.73. The van der Waals surface area contributed by atoms with E-state index in [0.29, 0.717) is 18.9 Å². The number of anilines is 1. The number of para-hydroxylation sites is 1. The fraction of sp³-hybridized carbons (Fsp3) is 0.333. The van der Waals surface area contributed by atoms with Gasteiger partial charge in [0.2, 0.25) is 11.8 Å².